The molecule has 0 radical (unpaired) electrons. The maximum atomic E-state index is 12.3. The summed E-state index contributed by atoms with van der Waals surface area (Å²) >= 11 is 1.42. The molecular formula is C13H14N2O3S. The number of aromatic nitrogens is 1. The first-order valence-electron chi connectivity index (χ1n) is 6.14. The third-order valence-electron chi connectivity index (χ3n) is 2.98. The fourth-order valence-electron chi connectivity index (χ4n) is 2.05. The number of rotatable bonds is 2. The van der Waals surface area contributed by atoms with E-state index in [4.69, 9.17) is 9.15 Å². The number of amides is 1. The molecule has 0 unspecified atom stereocenters. The average Bonchev–Trinajstić information content (AvgIpc) is 3.08. The molecule has 2 aromatic heterocycles. The summed E-state index contributed by atoms with van der Waals surface area (Å²) in [5.41, 5.74) is 0.477. The summed E-state index contributed by atoms with van der Waals surface area (Å²) in [4.78, 5) is 18.4. The minimum atomic E-state index is -0.0378. The maximum absolute atomic E-state index is 12.3. The van der Waals surface area contributed by atoms with Crippen LogP contribution in [0.4, 0.5) is 0 Å². The van der Waals surface area contributed by atoms with Crippen LogP contribution >= 0.6 is 11.3 Å². The van der Waals surface area contributed by atoms with Crippen LogP contribution in [0.2, 0.25) is 0 Å². The van der Waals surface area contributed by atoms with Gasteiger partial charge in [0.2, 0.25) is 0 Å². The van der Waals surface area contributed by atoms with Crippen LogP contribution in [0.3, 0.4) is 0 Å². The van der Waals surface area contributed by atoms with Gasteiger partial charge in [0.05, 0.1) is 19.0 Å². The molecule has 5 nitrogen and oxygen atoms in total. The van der Waals surface area contributed by atoms with Crippen LogP contribution < -0.4 is 0 Å². The minimum Gasteiger partial charge on any atom is -0.462 e. The van der Waals surface area contributed by atoms with Crippen molar-refractivity contribution in [2.75, 3.05) is 19.7 Å². The van der Waals surface area contributed by atoms with Crippen LogP contribution in [-0.4, -0.2) is 41.6 Å². The monoisotopic (exact) mass is 278 g/mol. The van der Waals surface area contributed by atoms with Crippen LogP contribution in [0.15, 0.2) is 28.2 Å². The molecule has 1 saturated heterocycles. The number of hydrogen-bond acceptors (Lipinski definition) is 5. The smallest absolute Gasteiger partial charge is 0.273 e. The Bertz CT molecular complexity index is 564. The molecule has 3 rings (SSSR count). The molecule has 1 fully saturated rings. The molecule has 1 atom stereocenters. The lowest BCUT2D eigenvalue weighted by Crippen LogP contribution is -2.44. The van der Waals surface area contributed by atoms with E-state index < -0.39 is 0 Å². The minimum absolute atomic E-state index is 0.0378. The van der Waals surface area contributed by atoms with Gasteiger partial charge in [0.15, 0.2) is 10.8 Å². The van der Waals surface area contributed by atoms with E-state index >= 15 is 0 Å². The SMILES string of the molecule is C[C@H]1CN(C(=O)c2csc(-c3ccco3)n2)CCO1. The molecule has 1 aliphatic heterocycles. The Labute approximate surface area is 114 Å². The van der Waals surface area contributed by atoms with E-state index in [1.54, 1.807) is 16.5 Å². The standard InChI is InChI=1S/C13H14N2O3S/c1-9-7-15(4-6-17-9)13(16)10-8-19-12(14-10)11-3-2-5-18-11/h2-3,5,8-9H,4,6-7H2,1H3/t9-/m0/s1. The van der Waals surface area contributed by atoms with Gasteiger partial charge in [-0.15, -0.1) is 11.3 Å². The summed E-state index contributed by atoms with van der Waals surface area (Å²) in [5.74, 6) is 0.656. The number of furan rings is 1. The molecule has 1 amide bonds. The van der Waals surface area contributed by atoms with Crippen LogP contribution in [0.5, 0.6) is 0 Å². The van der Waals surface area contributed by atoms with Crippen LogP contribution in [0, 0.1) is 0 Å². The second kappa shape index (κ2) is 5.14. The van der Waals surface area contributed by atoms with E-state index in [1.165, 1.54) is 11.3 Å². The number of hydrogen-bond donors (Lipinski definition) is 0. The number of nitrogens with zero attached hydrogens (tertiary/aromatic N) is 2. The van der Waals surface area contributed by atoms with Gasteiger partial charge in [-0.1, -0.05) is 0 Å². The summed E-state index contributed by atoms with van der Waals surface area (Å²) < 4.78 is 10.7. The molecular weight excluding hydrogens is 264 g/mol. The summed E-state index contributed by atoms with van der Waals surface area (Å²) in [6.07, 6.45) is 1.68. The van der Waals surface area contributed by atoms with Gasteiger partial charge in [0.25, 0.3) is 5.91 Å². The zero-order chi connectivity index (χ0) is 13.2. The molecule has 0 bridgehead atoms. The Balaban J connectivity index is 1.77. The van der Waals surface area contributed by atoms with Crippen LogP contribution in [0.25, 0.3) is 10.8 Å². The summed E-state index contributed by atoms with van der Waals surface area (Å²) in [5, 5.41) is 2.51. The largest absolute Gasteiger partial charge is 0.462 e. The highest BCUT2D eigenvalue weighted by Gasteiger charge is 2.24. The van der Waals surface area contributed by atoms with Crippen molar-refractivity contribution in [1.29, 1.82) is 0 Å². The van der Waals surface area contributed by atoms with Gasteiger partial charge in [-0.3, -0.25) is 4.79 Å². The summed E-state index contributed by atoms with van der Waals surface area (Å²) in [7, 11) is 0. The van der Waals surface area contributed by atoms with Crippen LogP contribution in [-0.2, 0) is 4.74 Å². The number of morpholine rings is 1. The third kappa shape index (κ3) is 2.54. The predicted molar refractivity (Wildman–Crippen MR) is 71.1 cm³/mol. The van der Waals surface area contributed by atoms with E-state index in [1.807, 2.05) is 19.1 Å². The quantitative estimate of drug-likeness (QED) is 0.845. The first-order chi connectivity index (χ1) is 9.24. The van der Waals surface area contributed by atoms with Gasteiger partial charge < -0.3 is 14.1 Å². The fraction of sp³-hybridized carbons (Fsp3) is 0.385. The molecule has 3 heterocycles. The molecule has 0 aliphatic carbocycles. The van der Waals surface area contributed by atoms with Crippen molar-refractivity contribution in [3.8, 4) is 10.8 Å². The van der Waals surface area contributed by atoms with E-state index in [0.717, 1.165) is 5.01 Å². The zero-order valence-electron chi connectivity index (χ0n) is 10.5. The number of carbonyl (C=O) groups is 1. The molecule has 1 aliphatic rings. The molecule has 19 heavy (non-hydrogen) atoms. The number of thiazole rings is 1. The van der Waals surface area contributed by atoms with E-state index in [-0.39, 0.29) is 12.0 Å². The average molecular weight is 278 g/mol. The maximum Gasteiger partial charge on any atom is 0.273 e. The number of carbonyl (C=O) groups excluding carboxylic acids is 1. The van der Waals surface area contributed by atoms with Crippen LogP contribution in [0.1, 0.15) is 17.4 Å². The third-order valence-corrected chi connectivity index (χ3v) is 3.84. The highest BCUT2D eigenvalue weighted by Crippen LogP contribution is 2.24. The van der Waals surface area contributed by atoms with Crippen molar-refractivity contribution in [1.82, 2.24) is 9.88 Å². The van der Waals surface area contributed by atoms with Gasteiger partial charge in [-0.25, -0.2) is 4.98 Å². The lowest BCUT2D eigenvalue weighted by Gasteiger charge is -2.30. The Hall–Kier alpha value is -1.66. The number of ether oxygens (including phenoxy) is 1. The van der Waals surface area contributed by atoms with Crippen molar-refractivity contribution in [3.63, 3.8) is 0 Å². The lowest BCUT2D eigenvalue weighted by molar-refractivity contribution is -0.0126. The summed E-state index contributed by atoms with van der Waals surface area (Å²) in [6.45, 7) is 3.79. The topological polar surface area (TPSA) is 55.6 Å². The van der Waals surface area contributed by atoms with Gasteiger partial charge >= 0.3 is 0 Å². The van der Waals surface area contributed by atoms with Crippen molar-refractivity contribution in [2.45, 2.75) is 13.0 Å². The van der Waals surface area contributed by atoms with Crippen molar-refractivity contribution < 1.29 is 13.9 Å². The second-order valence-electron chi connectivity index (χ2n) is 4.45. The Kier molecular flexibility index (Phi) is 3.35. The molecule has 100 valence electrons. The first-order valence-corrected chi connectivity index (χ1v) is 7.02. The highest BCUT2D eigenvalue weighted by molar-refractivity contribution is 7.13. The molecule has 6 heteroatoms. The predicted octanol–water partition coefficient (Wildman–Crippen LogP) is 2.26. The summed E-state index contributed by atoms with van der Waals surface area (Å²) in [6, 6.07) is 3.64. The van der Waals surface area contributed by atoms with Crippen molar-refractivity contribution >= 4 is 17.2 Å². The van der Waals surface area contributed by atoms with E-state index in [0.29, 0.717) is 31.2 Å². The molecule has 0 spiro atoms. The van der Waals surface area contributed by atoms with Gasteiger partial charge in [-0.05, 0) is 19.1 Å². The Morgan fingerprint density at radius 3 is 3.21 bits per heavy atom. The van der Waals surface area contributed by atoms with E-state index in [9.17, 15) is 4.79 Å². The molecule has 0 aromatic carbocycles. The fourth-order valence-corrected chi connectivity index (χ4v) is 2.81. The molecule has 0 saturated carbocycles. The first kappa shape index (κ1) is 12.4. The lowest BCUT2D eigenvalue weighted by atomic mass is 10.3. The van der Waals surface area contributed by atoms with E-state index in [2.05, 4.69) is 4.98 Å². The van der Waals surface area contributed by atoms with Gasteiger partial charge in [-0.2, -0.15) is 0 Å². The second-order valence-corrected chi connectivity index (χ2v) is 5.31. The Morgan fingerprint density at radius 1 is 1.58 bits per heavy atom. The molecule has 2 aromatic rings. The van der Waals surface area contributed by atoms with Gasteiger partial charge in [0, 0.05) is 18.5 Å². The normalized spacial score (nSPS) is 19.6. The van der Waals surface area contributed by atoms with Gasteiger partial charge in [0.1, 0.15) is 5.69 Å². The van der Waals surface area contributed by atoms with Crippen molar-refractivity contribution in [2.24, 2.45) is 0 Å². The molecule has 0 N–H and O–H groups in total. The zero-order valence-corrected chi connectivity index (χ0v) is 11.4. The highest BCUT2D eigenvalue weighted by atomic mass is 32.1. The Morgan fingerprint density at radius 2 is 2.47 bits per heavy atom. The van der Waals surface area contributed by atoms with Crippen molar-refractivity contribution in [3.05, 3.63) is 29.5 Å².